The highest BCUT2D eigenvalue weighted by Crippen LogP contribution is 2.34. The molecule has 0 amide bonds. The molecule has 5 nitrogen and oxygen atoms in total. The second-order valence-electron chi connectivity index (χ2n) is 7.88. The summed E-state index contributed by atoms with van der Waals surface area (Å²) in [5.41, 5.74) is 2.31. The molecule has 3 rings (SSSR count). The Hall–Kier alpha value is -2.54. The van der Waals surface area contributed by atoms with Crippen molar-refractivity contribution in [3.05, 3.63) is 83.5 Å². The van der Waals surface area contributed by atoms with Crippen LogP contribution in [0.1, 0.15) is 42.6 Å². The Morgan fingerprint density at radius 2 is 1.91 bits per heavy atom. The zero-order valence-corrected chi connectivity index (χ0v) is 19.8. The molecule has 0 aromatic heterocycles. The van der Waals surface area contributed by atoms with Crippen molar-refractivity contribution in [2.24, 2.45) is 4.99 Å². The fraction of sp³-hybridized carbons (Fsp3) is 0.280. The van der Waals surface area contributed by atoms with Gasteiger partial charge < -0.3 is 9.46 Å². The van der Waals surface area contributed by atoms with Crippen LogP contribution in [0, 0.1) is 0 Å². The fourth-order valence-electron chi connectivity index (χ4n) is 3.51. The molecule has 1 aliphatic rings. The van der Waals surface area contributed by atoms with Crippen LogP contribution in [0.5, 0.6) is 0 Å². The molecule has 2 aromatic carbocycles. The van der Waals surface area contributed by atoms with Crippen molar-refractivity contribution >= 4 is 39.8 Å². The standard InChI is InChI=1S/C25H27ClN2O3S/c1-4-5-14-27-18(2)24(29)22-17-20(26)8-11-23(22)28-32(30)21-9-6-19(7-10-21)25(3)12-15-31-16-13-25/h4-11,14,17,28H,1,12-13,15-16H2,2-3H3/b14-5-,27-18?. The normalized spacial score (nSPS) is 17.2. The number of ketones is 1. The van der Waals surface area contributed by atoms with Gasteiger partial charge in [0.15, 0.2) is 0 Å². The first-order valence-corrected chi connectivity index (χ1v) is 11.9. The van der Waals surface area contributed by atoms with Crippen molar-refractivity contribution in [1.82, 2.24) is 0 Å². The van der Waals surface area contributed by atoms with Crippen LogP contribution in [0.25, 0.3) is 0 Å². The van der Waals surface area contributed by atoms with E-state index in [1.807, 2.05) is 24.3 Å². The number of nitrogens with zero attached hydrogens (tertiary/aromatic N) is 1. The second-order valence-corrected chi connectivity index (χ2v) is 9.53. The summed E-state index contributed by atoms with van der Waals surface area (Å²) in [4.78, 5) is 17.6. The van der Waals surface area contributed by atoms with Gasteiger partial charge in [-0.25, -0.2) is 4.21 Å². The highest BCUT2D eigenvalue weighted by atomic mass is 35.5. The third kappa shape index (κ3) is 5.82. The first-order valence-electron chi connectivity index (χ1n) is 10.4. The second kappa shape index (κ2) is 10.9. The van der Waals surface area contributed by atoms with Crippen LogP contribution < -0.4 is 4.72 Å². The van der Waals surface area contributed by atoms with Gasteiger partial charge in [-0.2, -0.15) is 0 Å². The van der Waals surface area contributed by atoms with Crippen molar-refractivity contribution in [3.8, 4) is 0 Å². The Bertz CT molecular complexity index is 1070. The van der Waals surface area contributed by atoms with Gasteiger partial charge in [0, 0.05) is 30.0 Å². The lowest BCUT2D eigenvalue weighted by molar-refractivity contribution is 0.0564. The quantitative estimate of drug-likeness (QED) is 0.297. The summed E-state index contributed by atoms with van der Waals surface area (Å²) in [5, 5.41) is 0.410. The van der Waals surface area contributed by atoms with Gasteiger partial charge in [0.1, 0.15) is 11.0 Å². The average Bonchev–Trinajstić information content (AvgIpc) is 2.80. The van der Waals surface area contributed by atoms with Gasteiger partial charge in [0.25, 0.3) is 0 Å². The summed E-state index contributed by atoms with van der Waals surface area (Å²) < 4.78 is 21.4. The minimum absolute atomic E-state index is 0.0678. The maximum Gasteiger partial charge on any atom is 0.209 e. The molecule has 1 unspecified atom stereocenters. The fourth-order valence-corrected chi connectivity index (χ4v) is 4.56. The smallest absolute Gasteiger partial charge is 0.209 e. The summed E-state index contributed by atoms with van der Waals surface area (Å²) in [7, 11) is -1.55. The lowest BCUT2D eigenvalue weighted by atomic mass is 9.76. The van der Waals surface area contributed by atoms with E-state index in [2.05, 4.69) is 23.2 Å². The van der Waals surface area contributed by atoms with Gasteiger partial charge in [-0.15, -0.1) is 0 Å². The number of Topliss-reactive ketones (excluding diaryl/α,β-unsaturated/α-hetero) is 1. The summed E-state index contributed by atoms with van der Waals surface area (Å²) >= 11 is 6.12. The number of carbonyl (C=O) groups is 1. The molecule has 1 N–H and O–H groups in total. The Morgan fingerprint density at radius 1 is 1.22 bits per heavy atom. The minimum atomic E-state index is -1.55. The molecule has 2 aromatic rings. The van der Waals surface area contributed by atoms with Crippen molar-refractivity contribution in [2.45, 2.75) is 37.0 Å². The molecule has 0 saturated carbocycles. The summed E-state index contributed by atoms with van der Waals surface area (Å²) in [5.74, 6) is -0.302. The van der Waals surface area contributed by atoms with Gasteiger partial charge in [0.2, 0.25) is 5.78 Å². The number of carbonyl (C=O) groups excluding carboxylic acids is 1. The minimum Gasteiger partial charge on any atom is -0.381 e. The third-order valence-corrected chi connectivity index (χ3v) is 6.95. The van der Waals surface area contributed by atoms with E-state index in [1.54, 1.807) is 37.3 Å². The number of nitrogens with one attached hydrogen (secondary N) is 1. The predicted molar refractivity (Wildman–Crippen MR) is 132 cm³/mol. The lowest BCUT2D eigenvalue weighted by Crippen LogP contribution is -2.30. The van der Waals surface area contributed by atoms with Crippen molar-refractivity contribution in [1.29, 1.82) is 0 Å². The molecule has 1 heterocycles. The van der Waals surface area contributed by atoms with Crippen LogP contribution in [-0.2, 0) is 21.1 Å². The topological polar surface area (TPSA) is 67.8 Å². The van der Waals surface area contributed by atoms with Crippen LogP contribution in [0.3, 0.4) is 0 Å². The number of aliphatic imine (C=N–C) groups is 1. The maximum atomic E-state index is 13.0. The number of halogens is 1. The number of ether oxygens (including phenoxy) is 1. The van der Waals surface area contributed by atoms with Gasteiger partial charge in [-0.3, -0.25) is 9.79 Å². The van der Waals surface area contributed by atoms with Crippen LogP contribution in [-0.4, -0.2) is 28.9 Å². The molecule has 0 bridgehead atoms. The lowest BCUT2D eigenvalue weighted by Gasteiger charge is -2.34. The van der Waals surface area contributed by atoms with Gasteiger partial charge in [-0.1, -0.05) is 43.3 Å². The summed E-state index contributed by atoms with van der Waals surface area (Å²) in [6.07, 6.45) is 6.63. The Labute approximate surface area is 196 Å². The maximum absolute atomic E-state index is 13.0. The molecule has 0 radical (unpaired) electrons. The van der Waals surface area contributed by atoms with Crippen LogP contribution in [0.15, 0.2) is 77.3 Å². The van der Waals surface area contributed by atoms with E-state index in [0.717, 1.165) is 26.1 Å². The molecular formula is C25H27ClN2O3S. The van der Waals surface area contributed by atoms with Gasteiger partial charge in [-0.05, 0) is 67.2 Å². The first kappa shape index (κ1) is 24.1. The molecule has 1 saturated heterocycles. The highest BCUT2D eigenvalue weighted by molar-refractivity contribution is 7.86. The molecule has 0 spiro atoms. The molecule has 168 valence electrons. The molecular weight excluding hydrogens is 444 g/mol. The molecule has 32 heavy (non-hydrogen) atoms. The van der Waals surface area contributed by atoms with E-state index in [9.17, 15) is 9.00 Å². The molecule has 0 aliphatic carbocycles. The van der Waals surface area contributed by atoms with E-state index in [-0.39, 0.29) is 16.9 Å². The number of anilines is 1. The first-order chi connectivity index (χ1) is 15.3. The number of allylic oxidation sites excluding steroid dienone is 2. The predicted octanol–water partition coefficient (Wildman–Crippen LogP) is 5.89. The number of benzene rings is 2. The van der Waals surface area contributed by atoms with Crippen molar-refractivity contribution < 1.29 is 13.7 Å². The van der Waals surface area contributed by atoms with Crippen molar-refractivity contribution in [2.75, 3.05) is 17.9 Å². The number of hydrogen-bond acceptors (Lipinski definition) is 4. The van der Waals surface area contributed by atoms with E-state index < -0.39 is 11.0 Å². The monoisotopic (exact) mass is 470 g/mol. The Kier molecular flexibility index (Phi) is 8.18. The van der Waals surface area contributed by atoms with Crippen LogP contribution >= 0.6 is 11.6 Å². The van der Waals surface area contributed by atoms with Gasteiger partial charge >= 0.3 is 0 Å². The van der Waals surface area contributed by atoms with E-state index >= 15 is 0 Å². The van der Waals surface area contributed by atoms with Crippen molar-refractivity contribution in [3.63, 3.8) is 0 Å². The zero-order chi connectivity index (χ0) is 23.1. The van der Waals surface area contributed by atoms with Crippen LogP contribution in [0.4, 0.5) is 5.69 Å². The third-order valence-electron chi connectivity index (χ3n) is 5.61. The van der Waals surface area contributed by atoms with E-state index in [4.69, 9.17) is 16.3 Å². The Morgan fingerprint density at radius 3 is 2.56 bits per heavy atom. The SMILES string of the molecule is C=C/C=C\N=C(C)C(=O)c1cc(Cl)ccc1NS(=O)c1ccc(C2(C)CCOCC2)cc1. The molecule has 7 heteroatoms. The average molecular weight is 471 g/mol. The number of hydrogen-bond donors (Lipinski definition) is 1. The van der Waals surface area contributed by atoms with Crippen LogP contribution in [0.2, 0.25) is 5.02 Å². The molecule has 1 atom stereocenters. The number of rotatable bonds is 8. The Balaban J connectivity index is 1.80. The van der Waals surface area contributed by atoms with Gasteiger partial charge in [0.05, 0.1) is 16.3 Å². The zero-order valence-electron chi connectivity index (χ0n) is 18.3. The van der Waals surface area contributed by atoms with E-state index in [1.165, 1.54) is 11.8 Å². The molecule has 1 fully saturated rings. The largest absolute Gasteiger partial charge is 0.381 e. The summed E-state index contributed by atoms with van der Waals surface area (Å²) in [6.45, 7) is 8.94. The molecule has 1 aliphatic heterocycles. The van der Waals surface area contributed by atoms with E-state index in [0.29, 0.717) is 21.2 Å². The summed E-state index contributed by atoms with van der Waals surface area (Å²) in [6, 6.07) is 12.6. The highest BCUT2D eigenvalue weighted by Gasteiger charge is 2.29.